The Hall–Kier alpha value is -2.59. The van der Waals surface area contributed by atoms with E-state index in [1.165, 1.54) is 6.92 Å². The van der Waals surface area contributed by atoms with Gasteiger partial charge in [-0.05, 0) is 42.9 Å². The maximum absolute atomic E-state index is 13.8. The summed E-state index contributed by atoms with van der Waals surface area (Å²) in [5, 5.41) is 35.1. The van der Waals surface area contributed by atoms with E-state index in [1.807, 2.05) is 30.3 Å². The van der Waals surface area contributed by atoms with Gasteiger partial charge in [-0.1, -0.05) is 58.0 Å². The molecule has 3 unspecified atom stereocenters. The number of rotatable bonds is 5. The van der Waals surface area contributed by atoms with Crippen molar-refractivity contribution >= 4 is 17.7 Å². The van der Waals surface area contributed by atoms with Crippen LogP contribution in [0, 0.1) is 10.8 Å². The highest BCUT2D eigenvalue weighted by Gasteiger charge is 2.60. The van der Waals surface area contributed by atoms with Crippen molar-refractivity contribution in [2.24, 2.45) is 10.8 Å². The molecule has 0 spiro atoms. The summed E-state index contributed by atoms with van der Waals surface area (Å²) in [6, 6.07) is 9.55. The highest BCUT2D eigenvalue weighted by Crippen LogP contribution is 2.54. The number of aliphatic hydroxyl groups is 3. The Labute approximate surface area is 241 Å². The largest absolute Gasteiger partial charge is 0.458 e. The second-order valence-electron chi connectivity index (χ2n) is 13.1. The number of carbonyl (C=O) groups excluding carboxylic acids is 3. The van der Waals surface area contributed by atoms with Crippen LogP contribution >= 0.6 is 0 Å². The lowest BCUT2D eigenvalue weighted by Crippen LogP contribution is -2.65. The third-order valence-electron chi connectivity index (χ3n) is 9.85. The molecule has 3 aliphatic rings. The molecule has 1 aromatic carbocycles. The van der Waals surface area contributed by atoms with Gasteiger partial charge in [-0.2, -0.15) is 0 Å². The van der Waals surface area contributed by atoms with Crippen LogP contribution in [-0.2, 0) is 35.0 Å². The number of Topliss-reactive ketones (excluding diaryl/α,β-unsaturated/α-hetero) is 1. The lowest BCUT2D eigenvalue weighted by Gasteiger charge is -2.55. The Morgan fingerprint density at radius 2 is 1.73 bits per heavy atom. The number of carbonyl (C=O) groups is 3. The third kappa shape index (κ3) is 5.74. The van der Waals surface area contributed by atoms with Crippen molar-refractivity contribution in [1.29, 1.82) is 0 Å². The van der Waals surface area contributed by atoms with E-state index < -0.39 is 64.2 Å². The van der Waals surface area contributed by atoms with E-state index in [9.17, 15) is 29.7 Å². The number of esters is 2. The lowest BCUT2D eigenvalue weighted by molar-refractivity contribution is -0.268. The summed E-state index contributed by atoms with van der Waals surface area (Å²) >= 11 is 0. The molecule has 41 heavy (non-hydrogen) atoms. The van der Waals surface area contributed by atoms with Gasteiger partial charge in [-0.3, -0.25) is 14.4 Å². The van der Waals surface area contributed by atoms with Crippen LogP contribution in [0.3, 0.4) is 0 Å². The van der Waals surface area contributed by atoms with Crippen molar-refractivity contribution in [2.45, 2.75) is 116 Å². The number of ketones is 1. The quantitative estimate of drug-likeness (QED) is 0.358. The zero-order valence-electron chi connectivity index (χ0n) is 24.9. The molecule has 1 saturated carbocycles. The summed E-state index contributed by atoms with van der Waals surface area (Å²) in [7, 11) is 0. The average molecular weight is 573 g/mol. The van der Waals surface area contributed by atoms with Crippen LogP contribution in [-0.4, -0.2) is 75.3 Å². The van der Waals surface area contributed by atoms with E-state index in [0.717, 1.165) is 5.56 Å². The molecule has 2 aliphatic carbocycles. The fraction of sp³-hybridized carbons (Fsp3) is 0.656. The van der Waals surface area contributed by atoms with Crippen LogP contribution in [0.5, 0.6) is 0 Å². The molecule has 0 radical (unpaired) electrons. The summed E-state index contributed by atoms with van der Waals surface area (Å²) < 4.78 is 17.4. The SMILES string of the molecule is CC(=O)O[C@]12CCC3(O)C[C@H](OC(=O)CCc4ccccc4)C(C)=C(C(O)C(=O)C(C)(C)C(O)C[C@H]1OC2)C3(C)C. The number of aliphatic hydroxyl groups excluding tert-OH is 2. The van der Waals surface area contributed by atoms with Gasteiger partial charge in [-0.25, -0.2) is 0 Å². The Balaban J connectivity index is 1.73. The van der Waals surface area contributed by atoms with Crippen LogP contribution in [0.1, 0.15) is 79.2 Å². The second kappa shape index (κ2) is 11.2. The molecular weight excluding hydrogens is 528 g/mol. The minimum Gasteiger partial charge on any atom is -0.458 e. The molecule has 6 atom stereocenters. The van der Waals surface area contributed by atoms with Crippen LogP contribution in [0.4, 0.5) is 0 Å². The van der Waals surface area contributed by atoms with Gasteiger partial charge in [-0.15, -0.1) is 0 Å². The topological polar surface area (TPSA) is 140 Å². The second-order valence-corrected chi connectivity index (χ2v) is 13.1. The number of hydrogen-bond acceptors (Lipinski definition) is 9. The number of fused-ring (bicyclic) bond motifs is 3. The first-order valence-electron chi connectivity index (χ1n) is 14.4. The van der Waals surface area contributed by atoms with Gasteiger partial charge in [0.25, 0.3) is 0 Å². The van der Waals surface area contributed by atoms with Gasteiger partial charge < -0.3 is 29.5 Å². The molecule has 2 bridgehead atoms. The molecule has 1 heterocycles. The Morgan fingerprint density at radius 1 is 1.07 bits per heavy atom. The molecule has 4 rings (SSSR count). The summed E-state index contributed by atoms with van der Waals surface area (Å²) in [5.41, 5.74) is -3.38. The molecule has 0 aromatic heterocycles. The van der Waals surface area contributed by atoms with Gasteiger partial charge >= 0.3 is 11.9 Å². The molecular formula is C32H44O9. The van der Waals surface area contributed by atoms with Gasteiger partial charge in [0.1, 0.15) is 18.3 Å². The van der Waals surface area contributed by atoms with E-state index in [1.54, 1.807) is 34.6 Å². The number of hydrogen-bond donors (Lipinski definition) is 3. The van der Waals surface area contributed by atoms with Crippen LogP contribution in [0.25, 0.3) is 0 Å². The zero-order chi connectivity index (χ0) is 30.4. The molecule has 2 fully saturated rings. The van der Waals surface area contributed by atoms with Crippen molar-refractivity contribution in [3.8, 4) is 0 Å². The summed E-state index contributed by atoms with van der Waals surface area (Å²) in [5.74, 6) is -1.59. The predicted molar refractivity (Wildman–Crippen MR) is 150 cm³/mol. The van der Waals surface area contributed by atoms with Crippen molar-refractivity contribution in [3.63, 3.8) is 0 Å². The van der Waals surface area contributed by atoms with Crippen LogP contribution in [0.15, 0.2) is 41.5 Å². The predicted octanol–water partition coefficient (Wildman–Crippen LogP) is 3.21. The summed E-state index contributed by atoms with van der Waals surface area (Å²) in [6.45, 7) is 9.75. The van der Waals surface area contributed by atoms with Crippen molar-refractivity contribution in [1.82, 2.24) is 0 Å². The molecule has 3 N–H and O–H groups in total. The van der Waals surface area contributed by atoms with Crippen LogP contribution < -0.4 is 0 Å². The Kier molecular flexibility index (Phi) is 8.60. The molecule has 1 saturated heterocycles. The normalized spacial score (nSPS) is 34.8. The number of benzene rings is 1. The maximum Gasteiger partial charge on any atom is 0.306 e. The van der Waals surface area contributed by atoms with Crippen molar-refractivity contribution in [3.05, 3.63) is 47.0 Å². The zero-order valence-corrected chi connectivity index (χ0v) is 24.9. The van der Waals surface area contributed by atoms with E-state index >= 15 is 0 Å². The lowest BCUT2D eigenvalue weighted by atomic mass is 9.56. The van der Waals surface area contributed by atoms with E-state index in [4.69, 9.17) is 14.2 Å². The standard InChI is InChI=1S/C32H44O9/c1-19-22(40-25(35)13-12-21-10-8-7-9-11-21)17-32(38)15-14-31(41-20(2)33)18-39-24(31)16-23(34)29(3,4)28(37)27(36)26(19)30(32,5)6/h7-11,22-24,27,34,36,38H,12-18H2,1-6H3/t22-,23?,24+,27?,31-,32?/m0/s1. The monoisotopic (exact) mass is 572 g/mol. The van der Waals surface area contributed by atoms with Crippen molar-refractivity contribution in [2.75, 3.05) is 6.61 Å². The molecule has 0 amide bonds. The molecule has 1 aromatic rings. The fourth-order valence-electron chi connectivity index (χ4n) is 6.74. The number of ether oxygens (including phenoxy) is 3. The smallest absolute Gasteiger partial charge is 0.306 e. The number of aryl methyl sites for hydroxylation is 1. The minimum absolute atomic E-state index is 0.0141. The molecule has 9 heteroatoms. The van der Waals surface area contributed by atoms with Gasteiger partial charge in [0, 0.05) is 31.6 Å². The van der Waals surface area contributed by atoms with E-state index in [-0.39, 0.29) is 44.3 Å². The first kappa shape index (κ1) is 31.3. The fourth-order valence-corrected chi connectivity index (χ4v) is 6.74. The maximum atomic E-state index is 13.8. The van der Waals surface area contributed by atoms with Gasteiger partial charge in [0.2, 0.25) is 0 Å². The Bertz CT molecular complexity index is 1200. The van der Waals surface area contributed by atoms with Crippen molar-refractivity contribution < 1.29 is 43.9 Å². The average Bonchev–Trinajstić information content (AvgIpc) is 2.90. The third-order valence-corrected chi connectivity index (χ3v) is 9.85. The van der Waals surface area contributed by atoms with Gasteiger partial charge in [0.05, 0.1) is 23.7 Å². The minimum atomic E-state index is -1.65. The summed E-state index contributed by atoms with van der Waals surface area (Å²) in [6.07, 6.45) is -3.43. The molecule has 1 aliphatic heterocycles. The van der Waals surface area contributed by atoms with Gasteiger partial charge in [0.15, 0.2) is 11.4 Å². The highest BCUT2D eigenvalue weighted by molar-refractivity contribution is 5.91. The van der Waals surface area contributed by atoms with E-state index in [2.05, 4.69) is 0 Å². The highest BCUT2D eigenvalue weighted by atomic mass is 16.6. The first-order chi connectivity index (χ1) is 19.0. The molecule has 226 valence electrons. The first-order valence-corrected chi connectivity index (χ1v) is 14.4. The summed E-state index contributed by atoms with van der Waals surface area (Å²) in [4.78, 5) is 38.9. The van der Waals surface area contributed by atoms with E-state index in [0.29, 0.717) is 12.0 Å². The van der Waals surface area contributed by atoms with Crippen LogP contribution in [0.2, 0.25) is 0 Å². The molecule has 9 nitrogen and oxygen atoms in total. The Morgan fingerprint density at radius 3 is 2.32 bits per heavy atom.